The average Bonchev–Trinajstić information content (AvgIpc) is 3.36. The molecule has 0 spiro atoms. The van der Waals surface area contributed by atoms with Gasteiger partial charge in [0.05, 0.1) is 6.61 Å². The number of aliphatic hydroxyl groups excluding tert-OH is 1. The van der Waals surface area contributed by atoms with Crippen molar-refractivity contribution in [1.82, 2.24) is 21.3 Å². The van der Waals surface area contributed by atoms with Gasteiger partial charge in [-0.25, -0.2) is 0 Å². The molecule has 8 N–H and O–H groups in total. The molecule has 4 amide bonds. The van der Waals surface area contributed by atoms with Gasteiger partial charge in [0.25, 0.3) is 5.91 Å². The molecule has 10 unspecified atom stereocenters. The maximum absolute atomic E-state index is 13.4. The number of hydrogen-bond acceptors (Lipinski definition) is 7. The fraction of sp³-hybridized carbons (Fsp3) is 0.833. The first-order chi connectivity index (χ1) is 16.5. The summed E-state index contributed by atoms with van der Waals surface area (Å²) >= 11 is 0. The van der Waals surface area contributed by atoms with Crippen molar-refractivity contribution in [1.29, 1.82) is 0 Å². The van der Waals surface area contributed by atoms with Crippen molar-refractivity contribution in [3.63, 3.8) is 0 Å². The van der Waals surface area contributed by atoms with Gasteiger partial charge < -0.3 is 37.2 Å². The maximum Gasteiger partial charge on any atom is 0.254 e. The lowest BCUT2D eigenvalue weighted by Gasteiger charge is -2.63. The summed E-state index contributed by atoms with van der Waals surface area (Å²) in [5, 5.41) is 31.9. The Labute approximate surface area is 203 Å². The molecule has 192 valence electrons. The number of hydrogen-bond donors (Lipinski definition) is 7. The lowest BCUT2D eigenvalue weighted by atomic mass is 9.50. The molecule has 5 aliphatic carbocycles. The van der Waals surface area contributed by atoms with Gasteiger partial charge in [0.2, 0.25) is 17.7 Å². The molecule has 0 aromatic heterocycles. The van der Waals surface area contributed by atoms with E-state index < -0.39 is 53.7 Å². The fourth-order valence-electron chi connectivity index (χ4n) is 9.35. The van der Waals surface area contributed by atoms with Gasteiger partial charge in [0.1, 0.15) is 29.4 Å². The number of nitrogens with two attached hydrogens (primary N) is 1. The molecule has 7 fully saturated rings. The quantitative estimate of drug-likeness (QED) is 0.185. The maximum atomic E-state index is 13.4. The lowest BCUT2D eigenvalue weighted by molar-refractivity contribution is -0.214. The van der Waals surface area contributed by atoms with Gasteiger partial charge in [-0.05, 0) is 42.9 Å². The van der Waals surface area contributed by atoms with Crippen molar-refractivity contribution in [3.8, 4) is 0 Å². The largest absolute Gasteiger partial charge is 0.394 e. The molecular weight excluding hydrogens is 454 g/mol. The summed E-state index contributed by atoms with van der Waals surface area (Å²) in [6, 6.07) is -2.97. The van der Waals surface area contributed by atoms with Crippen molar-refractivity contribution in [2.24, 2.45) is 59.0 Å². The molecule has 2 saturated heterocycles. The van der Waals surface area contributed by atoms with E-state index in [9.17, 15) is 24.3 Å². The van der Waals surface area contributed by atoms with Gasteiger partial charge >= 0.3 is 0 Å². The highest BCUT2D eigenvalue weighted by atomic mass is 16.3. The Hall–Kier alpha value is -2.24. The highest BCUT2D eigenvalue weighted by Crippen LogP contribution is 2.88. The third-order valence-corrected chi connectivity index (χ3v) is 10.7. The number of carbonyl (C=O) groups is 4. The molecule has 7 rings (SSSR count). The monoisotopic (exact) mass is 489 g/mol. The summed E-state index contributed by atoms with van der Waals surface area (Å²) in [7, 11) is 0. The predicted molar refractivity (Wildman–Crippen MR) is 121 cm³/mol. The second kappa shape index (κ2) is 7.17. The summed E-state index contributed by atoms with van der Waals surface area (Å²) in [6.07, 6.45) is 1.62. The fourth-order valence-corrected chi connectivity index (χ4v) is 9.35. The number of rotatable bonds is 9. The smallest absolute Gasteiger partial charge is 0.254 e. The Morgan fingerprint density at radius 2 is 1.71 bits per heavy atom. The Morgan fingerprint density at radius 1 is 1.06 bits per heavy atom. The number of amides is 4. The van der Waals surface area contributed by atoms with Crippen molar-refractivity contribution in [2.45, 2.75) is 63.0 Å². The van der Waals surface area contributed by atoms with Crippen molar-refractivity contribution >= 4 is 23.6 Å². The summed E-state index contributed by atoms with van der Waals surface area (Å²) in [5.74, 6) is -0.677. The molecule has 14 atom stereocenters. The molecule has 7 aliphatic rings. The standard InChI is InChI=1S/C24H35N5O6/c1-4-7(2)18(27-20(32)11(25)6-30)21(33)26-8(3)19(31)28-24-15-10-5-9-12-13(10)17(24)16(12)23(35,14(9)15)22(34)29-24/h7-18,30,35H,4-6,25H2,1-3H3,(H,26,33)(H,27,32)(H,28,31)(H,29,34)/t7?,8?,9-,10+,11?,12?,13?,14?,15?,16?,17?,18?,23+,24+/m0/s1. The first-order valence-electron chi connectivity index (χ1n) is 12.9. The van der Waals surface area contributed by atoms with Gasteiger partial charge in [0, 0.05) is 23.7 Å². The molecule has 4 bridgehead atoms. The molecule has 35 heavy (non-hydrogen) atoms. The van der Waals surface area contributed by atoms with E-state index >= 15 is 0 Å². The average molecular weight is 490 g/mol. The van der Waals surface area contributed by atoms with E-state index in [2.05, 4.69) is 21.3 Å². The van der Waals surface area contributed by atoms with E-state index in [1.54, 1.807) is 6.92 Å². The number of aliphatic hydroxyl groups is 2. The Bertz CT molecular complexity index is 1020. The van der Waals surface area contributed by atoms with Gasteiger partial charge in [-0.15, -0.1) is 0 Å². The van der Waals surface area contributed by atoms with E-state index in [0.29, 0.717) is 30.1 Å². The number of nitrogens with one attached hydrogen (secondary N) is 4. The van der Waals surface area contributed by atoms with Crippen LogP contribution in [0.25, 0.3) is 0 Å². The third kappa shape index (κ3) is 2.51. The molecule has 2 aliphatic heterocycles. The zero-order valence-corrected chi connectivity index (χ0v) is 20.2. The Balaban J connectivity index is 1.17. The van der Waals surface area contributed by atoms with E-state index in [1.165, 1.54) is 0 Å². The van der Waals surface area contributed by atoms with Gasteiger partial charge in [-0.1, -0.05) is 20.3 Å². The van der Waals surface area contributed by atoms with Crippen LogP contribution in [0.15, 0.2) is 0 Å². The van der Waals surface area contributed by atoms with E-state index in [0.717, 1.165) is 6.42 Å². The van der Waals surface area contributed by atoms with Crippen LogP contribution in [0.3, 0.4) is 0 Å². The predicted octanol–water partition coefficient (Wildman–Crippen LogP) is -2.60. The van der Waals surface area contributed by atoms with Crippen LogP contribution in [-0.4, -0.2) is 69.8 Å². The van der Waals surface area contributed by atoms with Crippen molar-refractivity contribution in [3.05, 3.63) is 0 Å². The first-order valence-corrected chi connectivity index (χ1v) is 12.9. The second-order valence-corrected chi connectivity index (χ2v) is 11.9. The van der Waals surface area contributed by atoms with E-state index in [1.807, 2.05) is 13.8 Å². The zero-order chi connectivity index (χ0) is 25.2. The molecule has 11 heteroatoms. The SMILES string of the molecule is CCC(C)C(NC(=O)C(N)CO)C(=O)NC(C)C(=O)N[C@]12NC(=O)[C@]3(O)C4C5C(C41)[C@H]1C[C@@H]5C3C12. The molecule has 5 saturated carbocycles. The third-order valence-electron chi connectivity index (χ3n) is 10.7. The summed E-state index contributed by atoms with van der Waals surface area (Å²) in [4.78, 5) is 51.6. The second-order valence-electron chi connectivity index (χ2n) is 11.9. The minimum atomic E-state index is -1.30. The van der Waals surface area contributed by atoms with Crippen LogP contribution in [-0.2, 0) is 19.2 Å². The zero-order valence-electron chi connectivity index (χ0n) is 20.2. The van der Waals surface area contributed by atoms with Crippen LogP contribution in [0, 0.1) is 53.3 Å². The van der Waals surface area contributed by atoms with Crippen LogP contribution in [0.1, 0.15) is 33.6 Å². The van der Waals surface area contributed by atoms with Crippen LogP contribution in [0.2, 0.25) is 0 Å². The van der Waals surface area contributed by atoms with Gasteiger partial charge in [-0.2, -0.15) is 0 Å². The molecule has 0 aromatic carbocycles. The normalized spacial score (nSPS) is 47.7. The highest BCUT2D eigenvalue weighted by Gasteiger charge is 2.95. The molecular formula is C24H35N5O6. The molecule has 0 aromatic rings. The van der Waals surface area contributed by atoms with Crippen molar-refractivity contribution < 1.29 is 29.4 Å². The van der Waals surface area contributed by atoms with Crippen LogP contribution in [0.5, 0.6) is 0 Å². The van der Waals surface area contributed by atoms with Gasteiger partial charge in [0.15, 0.2) is 0 Å². The summed E-state index contributed by atoms with van der Waals surface area (Å²) in [6.45, 7) is 4.72. The lowest BCUT2D eigenvalue weighted by Crippen LogP contribution is -2.85. The molecule has 0 radical (unpaired) electrons. The summed E-state index contributed by atoms with van der Waals surface area (Å²) < 4.78 is 0. The summed E-state index contributed by atoms with van der Waals surface area (Å²) in [5.41, 5.74) is 3.43. The van der Waals surface area contributed by atoms with Crippen LogP contribution in [0.4, 0.5) is 0 Å². The van der Waals surface area contributed by atoms with Crippen molar-refractivity contribution in [2.75, 3.05) is 6.61 Å². The van der Waals surface area contributed by atoms with Crippen LogP contribution >= 0.6 is 0 Å². The number of piperidine rings is 2. The number of carbonyl (C=O) groups excluding carboxylic acids is 4. The van der Waals surface area contributed by atoms with E-state index in [-0.39, 0.29) is 35.5 Å². The van der Waals surface area contributed by atoms with Gasteiger partial charge in [-0.3, -0.25) is 19.2 Å². The Kier molecular flexibility index (Phi) is 4.74. The number of fused-ring (bicyclic) bond motifs is 1. The minimum Gasteiger partial charge on any atom is -0.394 e. The Morgan fingerprint density at radius 3 is 2.37 bits per heavy atom. The first kappa shape index (κ1) is 23.2. The molecule has 2 heterocycles. The van der Waals surface area contributed by atoms with Crippen LogP contribution < -0.4 is 27.0 Å². The topological polar surface area (TPSA) is 183 Å². The molecule has 11 nitrogen and oxygen atoms in total. The highest BCUT2D eigenvalue weighted by molar-refractivity contribution is 5.95. The minimum absolute atomic E-state index is 0.0270. The van der Waals surface area contributed by atoms with E-state index in [4.69, 9.17) is 10.8 Å².